The Bertz CT molecular complexity index is 1130. The first-order valence-electron chi connectivity index (χ1n) is 9.53. The number of nitrogens with zero attached hydrogens (tertiary/aromatic N) is 3. The molecule has 0 radical (unpaired) electrons. The summed E-state index contributed by atoms with van der Waals surface area (Å²) in [6.45, 7) is 3.76. The summed E-state index contributed by atoms with van der Waals surface area (Å²) in [7, 11) is -4.00. The Morgan fingerprint density at radius 3 is 2.23 bits per heavy atom. The SMILES string of the molecule is CCc1ccc(CN(Cc2cccnc2)S(=O)(=O)c2cccc([N+](=O)[O-])c2C)cc1. The van der Waals surface area contributed by atoms with Gasteiger partial charge in [-0.2, -0.15) is 4.31 Å². The Kier molecular flexibility index (Phi) is 6.59. The van der Waals surface area contributed by atoms with Crippen LogP contribution in [-0.4, -0.2) is 22.6 Å². The summed E-state index contributed by atoms with van der Waals surface area (Å²) >= 11 is 0. The van der Waals surface area contributed by atoms with Gasteiger partial charge < -0.3 is 0 Å². The second-order valence-corrected chi connectivity index (χ2v) is 8.87. The number of rotatable bonds is 8. The van der Waals surface area contributed by atoms with Crippen molar-refractivity contribution in [3.05, 3.63) is 99.4 Å². The van der Waals surface area contributed by atoms with E-state index in [1.165, 1.54) is 29.4 Å². The van der Waals surface area contributed by atoms with Gasteiger partial charge in [0.1, 0.15) is 0 Å². The van der Waals surface area contributed by atoms with Gasteiger partial charge in [0.05, 0.1) is 9.82 Å². The number of nitro groups is 1. The first-order chi connectivity index (χ1) is 14.3. The highest BCUT2D eigenvalue weighted by molar-refractivity contribution is 7.89. The van der Waals surface area contributed by atoms with E-state index in [9.17, 15) is 18.5 Å². The molecule has 0 spiro atoms. The molecule has 0 fully saturated rings. The average Bonchev–Trinajstić information content (AvgIpc) is 2.74. The fourth-order valence-electron chi connectivity index (χ4n) is 3.22. The Morgan fingerprint density at radius 1 is 0.967 bits per heavy atom. The van der Waals surface area contributed by atoms with Crippen LogP contribution >= 0.6 is 0 Å². The monoisotopic (exact) mass is 425 g/mol. The average molecular weight is 426 g/mol. The predicted octanol–water partition coefficient (Wildman–Crippen LogP) is 4.25. The molecule has 3 rings (SSSR count). The molecule has 0 amide bonds. The molecule has 1 aromatic heterocycles. The minimum atomic E-state index is -4.00. The van der Waals surface area contributed by atoms with Gasteiger partial charge in [-0.05, 0) is 42.2 Å². The van der Waals surface area contributed by atoms with Crippen molar-refractivity contribution < 1.29 is 13.3 Å². The molecule has 0 aliphatic heterocycles. The van der Waals surface area contributed by atoms with Crippen molar-refractivity contribution in [2.24, 2.45) is 0 Å². The van der Waals surface area contributed by atoms with E-state index < -0.39 is 14.9 Å². The minimum Gasteiger partial charge on any atom is -0.264 e. The van der Waals surface area contributed by atoms with Gasteiger partial charge in [-0.3, -0.25) is 15.1 Å². The van der Waals surface area contributed by atoms with Crippen LogP contribution in [0.25, 0.3) is 0 Å². The van der Waals surface area contributed by atoms with Crippen LogP contribution in [0, 0.1) is 17.0 Å². The van der Waals surface area contributed by atoms with Crippen molar-refractivity contribution in [3.8, 4) is 0 Å². The summed E-state index contributed by atoms with van der Waals surface area (Å²) in [4.78, 5) is 14.7. The van der Waals surface area contributed by atoms with Crippen LogP contribution in [0.15, 0.2) is 71.9 Å². The second-order valence-electron chi connectivity index (χ2n) is 6.96. The van der Waals surface area contributed by atoms with Crippen LogP contribution in [0.1, 0.15) is 29.2 Å². The summed E-state index contributed by atoms with van der Waals surface area (Å²) in [5, 5.41) is 11.3. The molecule has 3 aromatic rings. The number of hydrogen-bond acceptors (Lipinski definition) is 5. The number of sulfonamides is 1. The van der Waals surface area contributed by atoms with E-state index in [1.807, 2.05) is 24.3 Å². The molecule has 0 N–H and O–H groups in total. The van der Waals surface area contributed by atoms with E-state index in [2.05, 4.69) is 11.9 Å². The molecule has 1 heterocycles. The van der Waals surface area contributed by atoms with Crippen molar-refractivity contribution in [2.45, 2.75) is 38.3 Å². The fourth-order valence-corrected chi connectivity index (χ4v) is 4.88. The molecule has 2 aromatic carbocycles. The van der Waals surface area contributed by atoms with Crippen molar-refractivity contribution in [3.63, 3.8) is 0 Å². The molecule has 8 heteroatoms. The summed E-state index contributed by atoms with van der Waals surface area (Å²) in [6.07, 6.45) is 4.13. The third kappa shape index (κ3) is 4.72. The maximum Gasteiger partial charge on any atom is 0.273 e. The number of pyridine rings is 1. The van der Waals surface area contributed by atoms with Crippen LogP contribution in [0.4, 0.5) is 5.69 Å². The van der Waals surface area contributed by atoms with Crippen LogP contribution < -0.4 is 0 Å². The molecule has 0 aliphatic rings. The molecule has 156 valence electrons. The Hall–Kier alpha value is -3.10. The third-order valence-electron chi connectivity index (χ3n) is 4.94. The van der Waals surface area contributed by atoms with Gasteiger partial charge in [0, 0.05) is 37.1 Å². The van der Waals surface area contributed by atoms with Crippen molar-refractivity contribution >= 4 is 15.7 Å². The number of benzene rings is 2. The lowest BCUT2D eigenvalue weighted by atomic mass is 10.1. The van der Waals surface area contributed by atoms with Crippen LogP contribution in [0.5, 0.6) is 0 Å². The molecule has 0 aliphatic carbocycles. The minimum absolute atomic E-state index is 0.0641. The zero-order valence-corrected chi connectivity index (χ0v) is 17.7. The lowest BCUT2D eigenvalue weighted by Crippen LogP contribution is -2.31. The van der Waals surface area contributed by atoms with Crippen molar-refractivity contribution in [1.82, 2.24) is 9.29 Å². The summed E-state index contributed by atoms with van der Waals surface area (Å²) < 4.78 is 28.4. The highest BCUT2D eigenvalue weighted by Crippen LogP contribution is 2.29. The largest absolute Gasteiger partial charge is 0.273 e. The van der Waals surface area contributed by atoms with E-state index in [1.54, 1.807) is 24.5 Å². The normalized spacial score (nSPS) is 11.6. The van der Waals surface area contributed by atoms with Crippen LogP contribution in [-0.2, 0) is 29.5 Å². The highest BCUT2D eigenvalue weighted by atomic mass is 32.2. The zero-order chi connectivity index (χ0) is 21.7. The predicted molar refractivity (Wildman–Crippen MR) is 114 cm³/mol. The van der Waals surface area contributed by atoms with Crippen molar-refractivity contribution in [1.29, 1.82) is 0 Å². The number of hydrogen-bond donors (Lipinski definition) is 0. The lowest BCUT2D eigenvalue weighted by molar-refractivity contribution is -0.385. The molecule has 0 saturated carbocycles. The Morgan fingerprint density at radius 2 is 1.63 bits per heavy atom. The molecule has 0 bridgehead atoms. The number of nitro benzene ring substituents is 1. The van der Waals surface area contributed by atoms with Gasteiger partial charge in [-0.25, -0.2) is 8.42 Å². The van der Waals surface area contributed by atoms with E-state index in [-0.39, 0.29) is 29.2 Å². The molecule has 30 heavy (non-hydrogen) atoms. The first kappa shape index (κ1) is 21.6. The maximum atomic E-state index is 13.5. The molecule has 0 unspecified atom stereocenters. The van der Waals surface area contributed by atoms with Gasteiger partial charge in [0.2, 0.25) is 10.0 Å². The van der Waals surface area contributed by atoms with Gasteiger partial charge in [0.15, 0.2) is 0 Å². The second kappa shape index (κ2) is 9.15. The molecule has 0 atom stereocenters. The smallest absolute Gasteiger partial charge is 0.264 e. The third-order valence-corrected chi connectivity index (χ3v) is 6.88. The maximum absolute atomic E-state index is 13.5. The lowest BCUT2D eigenvalue weighted by Gasteiger charge is -2.23. The Labute approximate surface area is 176 Å². The van der Waals surface area contributed by atoms with Crippen molar-refractivity contribution in [2.75, 3.05) is 0 Å². The van der Waals surface area contributed by atoms with E-state index >= 15 is 0 Å². The highest BCUT2D eigenvalue weighted by Gasteiger charge is 2.29. The van der Waals surface area contributed by atoms with Crippen LogP contribution in [0.2, 0.25) is 0 Å². The van der Waals surface area contributed by atoms with E-state index in [4.69, 9.17) is 0 Å². The standard InChI is InChI=1S/C22H23N3O4S/c1-3-18-9-11-19(12-10-18)15-24(16-20-6-5-13-23-14-20)30(28,29)22-8-4-7-21(17(22)2)25(26)27/h4-14H,3,15-16H2,1-2H3. The van der Waals surface area contributed by atoms with Gasteiger partial charge in [0.25, 0.3) is 5.69 Å². The molecule has 0 saturated heterocycles. The quantitative estimate of drug-likeness (QED) is 0.397. The topological polar surface area (TPSA) is 93.4 Å². The molecule has 7 nitrogen and oxygen atoms in total. The number of aryl methyl sites for hydroxylation is 1. The summed E-state index contributed by atoms with van der Waals surface area (Å²) in [6, 6.07) is 15.4. The van der Waals surface area contributed by atoms with E-state index in [0.29, 0.717) is 0 Å². The fraction of sp³-hybridized carbons (Fsp3) is 0.227. The summed E-state index contributed by atoms with van der Waals surface area (Å²) in [5.41, 5.74) is 2.64. The summed E-state index contributed by atoms with van der Waals surface area (Å²) in [5.74, 6) is 0. The van der Waals surface area contributed by atoms with Crippen LogP contribution in [0.3, 0.4) is 0 Å². The zero-order valence-electron chi connectivity index (χ0n) is 16.9. The Balaban J connectivity index is 2.03. The van der Waals surface area contributed by atoms with E-state index in [0.717, 1.165) is 23.1 Å². The molecular weight excluding hydrogens is 402 g/mol. The number of aromatic nitrogens is 1. The van der Waals surface area contributed by atoms with Gasteiger partial charge in [-0.1, -0.05) is 43.3 Å². The molecular formula is C22H23N3O4S. The van der Waals surface area contributed by atoms with Gasteiger partial charge >= 0.3 is 0 Å². The first-order valence-corrected chi connectivity index (χ1v) is 11.0. The van der Waals surface area contributed by atoms with Gasteiger partial charge in [-0.15, -0.1) is 0 Å².